The number of ether oxygens (including phenoxy) is 1. The lowest BCUT2D eigenvalue weighted by Gasteiger charge is -2.10. The Morgan fingerprint density at radius 2 is 2.00 bits per heavy atom. The molecular formula is C20H24N2O3. The molecule has 1 atom stereocenters. The summed E-state index contributed by atoms with van der Waals surface area (Å²) in [6, 6.07) is 13.0. The lowest BCUT2D eigenvalue weighted by Crippen LogP contribution is -2.24. The van der Waals surface area contributed by atoms with Gasteiger partial charge in [0.1, 0.15) is 11.5 Å². The van der Waals surface area contributed by atoms with E-state index in [1.807, 2.05) is 37.3 Å². The molecule has 0 bridgehead atoms. The number of nitrogens with one attached hydrogen (secondary N) is 1. The Hall–Kier alpha value is -2.82. The summed E-state index contributed by atoms with van der Waals surface area (Å²) in [5, 5.41) is 13.6. The quantitative estimate of drug-likeness (QED) is 0.596. The first-order valence-corrected chi connectivity index (χ1v) is 8.34. The van der Waals surface area contributed by atoms with Crippen molar-refractivity contribution in [1.82, 2.24) is 5.43 Å². The average Bonchev–Trinajstić information content (AvgIpc) is 2.61. The Kier molecular flexibility index (Phi) is 6.57. The molecule has 132 valence electrons. The van der Waals surface area contributed by atoms with Gasteiger partial charge in [-0.15, -0.1) is 0 Å². The monoisotopic (exact) mass is 340 g/mol. The van der Waals surface area contributed by atoms with Gasteiger partial charge in [0, 0.05) is 5.56 Å². The van der Waals surface area contributed by atoms with Gasteiger partial charge in [0.25, 0.3) is 5.91 Å². The summed E-state index contributed by atoms with van der Waals surface area (Å²) in [6.07, 6.45) is 2.48. The first kappa shape index (κ1) is 18.5. The minimum atomic E-state index is -0.367. The van der Waals surface area contributed by atoms with Crippen molar-refractivity contribution < 1.29 is 14.6 Å². The van der Waals surface area contributed by atoms with Crippen molar-refractivity contribution in [2.24, 2.45) is 5.10 Å². The first-order chi connectivity index (χ1) is 12.0. The maximum atomic E-state index is 11.8. The van der Waals surface area contributed by atoms with E-state index in [-0.39, 0.29) is 18.3 Å². The molecular weight excluding hydrogens is 316 g/mol. The lowest BCUT2D eigenvalue weighted by atomic mass is 9.99. The molecule has 0 heterocycles. The third-order valence-corrected chi connectivity index (χ3v) is 4.01. The zero-order valence-electron chi connectivity index (χ0n) is 14.8. The number of benzene rings is 2. The number of carbonyl (C=O) groups excluding carboxylic acids is 1. The molecule has 25 heavy (non-hydrogen) atoms. The molecule has 0 aliphatic heterocycles. The minimum absolute atomic E-state index is 0.121. The Labute approximate surface area is 148 Å². The lowest BCUT2D eigenvalue weighted by molar-refractivity contribution is -0.123. The van der Waals surface area contributed by atoms with Gasteiger partial charge in [-0.3, -0.25) is 4.79 Å². The summed E-state index contributed by atoms with van der Waals surface area (Å²) in [4.78, 5) is 11.8. The number of hydrazone groups is 1. The van der Waals surface area contributed by atoms with Crippen LogP contribution in [0.1, 0.15) is 42.9 Å². The number of rotatable bonds is 7. The summed E-state index contributed by atoms with van der Waals surface area (Å²) in [7, 11) is 0. The topological polar surface area (TPSA) is 70.9 Å². The van der Waals surface area contributed by atoms with Crippen molar-refractivity contribution in [2.75, 3.05) is 6.61 Å². The largest absolute Gasteiger partial charge is 0.507 e. The Bertz CT molecular complexity index is 739. The fourth-order valence-corrected chi connectivity index (χ4v) is 2.25. The SMILES string of the molecule is CCC(C)c1ccc(OCC(=O)NN=Cc2ccc(C)cc2O)cc1. The predicted molar refractivity (Wildman–Crippen MR) is 99.2 cm³/mol. The van der Waals surface area contributed by atoms with Crippen LogP contribution in [0.25, 0.3) is 0 Å². The van der Waals surface area contributed by atoms with Crippen LogP contribution in [0, 0.1) is 6.92 Å². The van der Waals surface area contributed by atoms with E-state index in [9.17, 15) is 9.90 Å². The second-order valence-electron chi connectivity index (χ2n) is 6.02. The van der Waals surface area contributed by atoms with Crippen LogP contribution in [0.4, 0.5) is 0 Å². The molecule has 0 saturated carbocycles. The van der Waals surface area contributed by atoms with Crippen LogP contribution in [0.2, 0.25) is 0 Å². The van der Waals surface area contributed by atoms with Gasteiger partial charge in [0.15, 0.2) is 6.61 Å². The zero-order chi connectivity index (χ0) is 18.2. The van der Waals surface area contributed by atoms with Gasteiger partial charge < -0.3 is 9.84 Å². The van der Waals surface area contributed by atoms with Gasteiger partial charge in [-0.2, -0.15) is 5.10 Å². The molecule has 0 radical (unpaired) electrons. The van der Waals surface area contributed by atoms with Crippen molar-refractivity contribution in [3.05, 3.63) is 59.2 Å². The van der Waals surface area contributed by atoms with E-state index in [4.69, 9.17) is 4.74 Å². The van der Waals surface area contributed by atoms with Gasteiger partial charge in [0.2, 0.25) is 0 Å². The molecule has 2 aromatic rings. The summed E-state index contributed by atoms with van der Waals surface area (Å²) in [5.41, 5.74) is 5.11. The molecule has 1 amide bonds. The maximum Gasteiger partial charge on any atom is 0.277 e. The molecule has 2 aromatic carbocycles. The molecule has 0 aliphatic carbocycles. The summed E-state index contributed by atoms with van der Waals surface area (Å²) >= 11 is 0. The van der Waals surface area contributed by atoms with Gasteiger partial charge in [0.05, 0.1) is 6.21 Å². The minimum Gasteiger partial charge on any atom is -0.507 e. The first-order valence-electron chi connectivity index (χ1n) is 8.34. The highest BCUT2D eigenvalue weighted by molar-refractivity contribution is 5.85. The van der Waals surface area contributed by atoms with Crippen LogP contribution in [-0.2, 0) is 4.79 Å². The summed E-state index contributed by atoms with van der Waals surface area (Å²) in [5.74, 6) is 0.900. The van der Waals surface area contributed by atoms with Gasteiger partial charge in [-0.05, 0) is 54.7 Å². The number of aryl methyl sites for hydroxylation is 1. The van der Waals surface area contributed by atoms with Crippen molar-refractivity contribution in [1.29, 1.82) is 0 Å². The molecule has 5 heteroatoms. The molecule has 5 nitrogen and oxygen atoms in total. The maximum absolute atomic E-state index is 11.8. The average molecular weight is 340 g/mol. The third kappa shape index (κ3) is 5.64. The van der Waals surface area contributed by atoms with Crippen molar-refractivity contribution in [3.63, 3.8) is 0 Å². The summed E-state index contributed by atoms with van der Waals surface area (Å²) in [6.45, 7) is 6.08. The fraction of sp³-hybridized carbons (Fsp3) is 0.300. The van der Waals surface area contributed by atoms with Crippen molar-refractivity contribution >= 4 is 12.1 Å². The summed E-state index contributed by atoms with van der Waals surface area (Å²) < 4.78 is 5.44. The second-order valence-corrected chi connectivity index (χ2v) is 6.02. The number of phenolic OH excluding ortho intramolecular Hbond substituents is 1. The number of phenols is 1. The van der Waals surface area contributed by atoms with Crippen molar-refractivity contribution in [2.45, 2.75) is 33.1 Å². The molecule has 0 spiro atoms. The van der Waals surface area contributed by atoms with Crippen LogP contribution < -0.4 is 10.2 Å². The van der Waals surface area contributed by atoms with E-state index in [2.05, 4.69) is 24.4 Å². The predicted octanol–water partition coefficient (Wildman–Crippen LogP) is 3.74. The van der Waals surface area contributed by atoms with Crippen LogP contribution >= 0.6 is 0 Å². The van der Waals surface area contributed by atoms with E-state index in [1.165, 1.54) is 11.8 Å². The smallest absolute Gasteiger partial charge is 0.277 e. The number of nitrogens with zero attached hydrogens (tertiary/aromatic N) is 1. The van der Waals surface area contributed by atoms with Crippen LogP contribution in [-0.4, -0.2) is 23.8 Å². The highest BCUT2D eigenvalue weighted by atomic mass is 16.5. The molecule has 0 aromatic heterocycles. The molecule has 0 aliphatic rings. The van der Waals surface area contributed by atoms with Crippen LogP contribution in [0.15, 0.2) is 47.6 Å². The number of aromatic hydroxyl groups is 1. The van der Waals surface area contributed by atoms with Crippen LogP contribution in [0.5, 0.6) is 11.5 Å². The van der Waals surface area contributed by atoms with Gasteiger partial charge in [-0.1, -0.05) is 32.0 Å². The van der Waals surface area contributed by atoms with Gasteiger partial charge in [-0.25, -0.2) is 5.43 Å². The van der Waals surface area contributed by atoms with Gasteiger partial charge >= 0.3 is 0 Å². The van der Waals surface area contributed by atoms with E-state index < -0.39 is 0 Å². The second kappa shape index (κ2) is 8.87. The zero-order valence-corrected chi connectivity index (χ0v) is 14.8. The number of carbonyl (C=O) groups is 1. The Morgan fingerprint density at radius 1 is 1.28 bits per heavy atom. The highest BCUT2D eigenvalue weighted by Crippen LogP contribution is 2.21. The molecule has 0 fully saturated rings. The number of amides is 1. The Morgan fingerprint density at radius 3 is 2.64 bits per heavy atom. The third-order valence-electron chi connectivity index (χ3n) is 4.01. The highest BCUT2D eigenvalue weighted by Gasteiger charge is 2.05. The van der Waals surface area contributed by atoms with E-state index in [0.717, 1.165) is 12.0 Å². The fourth-order valence-electron chi connectivity index (χ4n) is 2.25. The van der Waals surface area contributed by atoms with E-state index in [0.29, 0.717) is 17.2 Å². The standard InChI is InChI=1S/C20H24N2O3/c1-4-15(3)16-7-9-18(10-8-16)25-13-20(24)22-21-12-17-6-5-14(2)11-19(17)23/h5-12,15,23H,4,13H2,1-3H3,(H,22,24). The number of hydrogen-bond acceptors (Lipinski definition) is 4. The normalized spacial score (nSPS) is 12.1. The van der Waals surface area contributed by atoms with E-state index >= 15 is 0 Å². The Balaban J connectivity index is 1.81. The molecule has 1 unspecified atom stereocenters. The number of hydrogen-bond donors (Lipinski definition) is 2. The molecule has 0 saturated heterocycles. The van der Waals surface area contributed by atoms with Crippen LogP contribution in [0.3, 0.4) is 0 Å². The molecule has 2 rings (SSSR count). The molecule has 2 N–H and O–H groups in total. The van der Waals surface area contributed by atoms with E-state index in [1.54, 1.807) is 12.1 Å². The van der Waals surface area contributed by atoms with Crippen molar-refractivity contribution in [3.8, 4) is 11.5 Å².